The van der Waals surface area contributed by atoms with Crippen LogP contribution >= 0.6 is 15.9 Å². The van der Waals surface area contributed by atoms with E-state index in [9.17, 15) is 4.79 Å². The Morgan fingerprint density at radius 2 is 2.27 bits per heavy atom. The fourth-order valence-electron chi connectivity index (χ4n) is 1.19. The molecule has 0 aromatic carbocycles. The Hall–Kier alpha value is -1.10. The van der Waals surface area contributed by atoms with E-state index in [4.69, 9.17) is 4.74 Å². The number of carbonyl (C=O) groups is 1. The molecular weight excluding hydrogens is 262 g/mol. The summed E-state index contributed by atoms with van der Waals surface area (Å²) in [6, 6.07) is 1.74. The topological polar surface area (TPSA) is 48.4 Å². The maximum Gasteiger partial charge on any atom is 0.339 e. The Labute approximate surface area is 96.7 Å². The highest BCUT2D eigenvalue weighted by molar-refractivity contribution is 9.09. The standard InChI is InChI=1S/C10H12BrNO3/c1-14-9-7(3-4-11)5-8(6-12-9)10(13)15-2/h5-6H,3-4H2,1-2H3. The summed E-state index contributed by atoms with van der Waals surface area (Å²) in [4.78, 5) is 15.3. The second kappa shape index (κ2) is 5.70. The van der Waals surface area contributed by atoms with Gasteiger partial charge in [-0.05, 0) is 12.5 Å². The molecule has 1 aromatic rings. The molecule has 0 aliphatic rings. The fraction of sp³-hybridized carbons (Fsp3) is 0.400. The molecule has 0 bridgehead atoms. The van der Waals surface area contributed by atoms with Crippen LogP contribution in [0.15, 0.2) is 12.3 Å². The average molecular weight is 274 g/mol. The minimum atomic E-state index is -0.388. The van der Waals surface area contributed by atoms with Crippen molar-refractivity contribution < 1.29 is 14.3 Å². The number of esters is 1. The molecule has 0 aliphatic heterocycles. The zero-order valence-corrected chi connectivity index (χ0v) is 10.2. The van der Waals surface area contributed by atoms with Crippen molar-refractivity contribution in [2.75, 3.05) is 19.5 Å². The highest BCUT2D eigenvalue weighted by Gasteiger charge is 2.10. The Kier molecular flexibility index (Phi) is 4.55. The van der Waals surface area contributed by atoms with Gasteiger partial charge in [-0.25, -0.2) is 9.78 Å². The molecule has 0 N–H and O–H groups in total. The van der Waals surface area contributed by atoms with Crippen LogP contribution in [-0.4, -0.2) is 30.5 Å². The Morgan fingerprint density at radius 3 is 2.80 bits per heavy atom. The average Bonchev–Trinajstić information content (AvgIpc) is 2.28. The molecule has 0 saturated carbocycles. The first-order valence-electron chi connectivity index (χ1n) is 4.40. The van der Waals surface area contributed by atoms with E-state index < -0.39 is 0 Å². The first kappa shape index (κ1) is 12.0. The maximum absolute atomic E-state index is 11.3. The smallest absolute Gasteiger partial charge is 0.339 e. The Balaban J connectivity index is 3.04. The summed E-state index contributed by atoms with van der Waals surface area (Å²) >= 11 is 3.33. The van der Waals surface area contributed by atoms with Crippen molar-refractivity contribution in [2.45, 2.75) is 6.42 Å². The molecule has 15 heavy (non-hydrogen) atoms. The number of nitrogens with zero attached hydrogens (tertiary/aromatic N) is 1. The van der Waals surface area contributed by atoms with Gasteiger partial charge in [0.05, 0.1) is 19.8 Å². The third-order valence-electron chi connectivity index (χ3n) is 1.90. The molecule has 4 nitrogen and oxygen atoms in total. The lowest BCUT2D eigenvalue weighted by molar-refractivity contribution is 0.0600. The summed E-state index contributed by atoms with van der Waals surface area (Å²) in [6.07, 6.45) is 2.20. The molecule has 1 aromatic heterocycles. The van der Waals surface area contributed by atoms with Gasteiger partial charge in [-0.15, -0.1) is 0 Å². The van der Waals surface area contributed by atoms with Crippen molar-refractivity contribution in [2.24, 2.45) is 0 Å². The second-order valence-electron chi connectivity index (χ2n) is 2.82. The van der Waals surface area contributed by atoms with E-state index in [1.807, 2.05) is 0 Å². The van der Waals surface area contributed by atoms with Gasteiger partial charge in [0.1, 0.15) is 0 Å². The molecule has 5 heteroatoms. The fourth-order valence-corrected chi connectivity index (χ4v) is 1.62. The number of halogens is 1. The van der Waals surface area contributed by atoms with E-state index in [-0.39, 0.29) is 5.97 Å². The minimum absolute atomic E-state index is 0.388. The molecule has 82 valence electrons. The van der Waals surface area contributed by atoms with E-state index in [2.05, 4.69) is 25.7 Å². The molecule has 0 radical (unpaired) electrons. The summed E-state index contributed by atoms with van der Waals surface area (Å²) in [5, 5.41) is 0.787. The zero-order chi connectivity index (χ0) is 11.3. The third kappa shape index (κ3) is 2.92. The van der Waals surface area contributed by atoms with E-state index in [1.165, 1.54) is 13.3 Å². The van der Waals surface area contributed by atoms with Gasteiger partial charge in [0.2, 0.25) is 5.88 Å². The van der Waals surface area contributed by atoms with Gasteiger partial charge in [-0.2, -0.15) is 0 Å². The van der Waals surface area contributed by atoms with Crippen LogP contribution in [0, 0.1) is 0 Å². The lowest BCUT2D eigenvalue weighted by atomic mass is 10.1. The number of alkyl halides is 1. The highest BCUT2D eigenvalue weighted by Crippen LogP contribution is 2.18. The predicted molar refractivity (Wildman–Crippen MR) is 59.6 cm³/mol. The molecule has 0 fully saturated rings. The first-order valence-corrected chi connectivity index (χ1v) is 5.52. The SMILES string of the molecule is COC(=O)c1cnc(OC)c(CCBr)c1. The molecule has 1 rings (SSSR count). The molecule has 1 heterocycles. The number of hydrogen-bond donors (Lipinski definition) is 0. The van der Waals surface area contributed by atoms with Crippen LogP contribution in [0.1, 0.15) is 15.9 Å². The van der Waals surface area contributed by atoms with E-state index in [0.717, 1.165) is 17.3 Å². The summed E-state index contributed by atoms with van der Waals surface area (Å²) < 4.78 is 9.69. The van der Waals surface area contributed by atoms with E-state index >= 15 is 0 Å². The van der Waals surface area contributed by atoms with Crippen LogP contribution in [0.4, 0.5) is 0 Å². The number of ether oxygens (including phenoxy) is 2. The number of rotatable bonds is 4. The number of aromatic nitrogens is 1. The highest BCUT2D eigenvalue weighted by atomic mass is 79.9. The summed E-state index contributed by atoms with van der Waals surface area (Å²) in [6.45, 7) is 0. The van der Waals surface area contributed by atoms with Crippen molar-refractivity contribution in [3.05, 3.63) is 23.4 Å². The van der Waals surface area contributed by atoms with Gasteiger partial charge < -0.3 is 9.47 Å². The largest absolute Gasteiger partial charge is 0.481 e. The van der Waals surface area contributed by atoms with Gasteiger partial charge >= 0.3 is 5.97 Å². The van der Waals surface area contributed by atoms with Crippen LogP contribution in [0.25, 0.3) is 0 Å². The Bertz CT molecular complexity index is 355. The molecule has 0 unspecified atom stereocenters. The van der Waals surface area contributed by atoms with Crippen molar-refractivity contribution in [3.63, 3.8) is 0 Å². The third-order valence-corrected chi connectivity index (χ3v) is 2.30. The zero-order valence-electron chi connectivity index (χ0n) is 8.62. The predicted octanol–water partition coefficient (Wildman–Crippen LogP) is 1.81. The van der Waals surface area contributed by atoms with Crippen molar-refractivity contribution in [3.8, 4) is 5.88 Å². The number of pyridine rings is 1. The lowest BCUT2D eigenvalue weighted by Crippen LogP contribution is -2.05. The van der Waals surface area contributed by atoms with Crippen molar-refractivity contribution in [1.29, 1.82) is 0 Å². The van der Waals surface area contributed by atoms with Crippen LogP contribution in [0.2, 0.25) is 0 Å². The minimum Gasteiger partial charge on any atom is -0.481 e. The molecule has 0 spiro atoms. The van der Waals surface area contributed by atoms with E-state index in [1.54, 1.807) is 13.2 Å². The maximum atomic E-state index is 11.3. The molecule has 0 atom stereocenters. The molecule has 0 aliphatic carbocycles. The molecule has 0 saturated heterocycles. The number of hydrogen-bond acceptors (Lipinski definition) is 4. The van der Waals surface area contributed by atoms with Gasteiger partial charge in [0.25, 0.3) is 0 Å². The quantitative estimate of drug-likeness (QED) is 0.620. The van der Waals surface area contributed by atoms with Gasteiger partial charge in [0, 0.05) is 17.1 Å². The van der Waals surface area contributed by atoms with Crippen LogP contribution in [-0.2, 0) is 11.2 Å². The molecular formula is C10H12BrNO3. The van der Waals surface area contributed by atoms with Crippen LogP contribution < -0.4 is 4.74 Å². The molecule has 0 amide bonds. The normalized spacial score (nSPS) is 9.80. The van der Waals surface area contributed by atoms with E-state index in [0.29, 0.717) is 11.4 Å². The number of aryl methyl sites for hydroxylation is 1. The van der Waals surface area contributed by atoms with Crippen LogP contribution in [0.5, 0.6) is 5.88 Å². The lowest BCUT2D eigenvalue weighted by Gasteiger charge is -2.07. The van der Waals surface area contributed by atoms with Gasteiger partial charge in [0.15, 0.2) is 0 Å². The monoisotopic (exact) mass is 273 g/mol. The number of methoxy groups -OCH3 is 2. The summed E-state index contributed by atoms with van der Waals surface area (Å²) in [5.41, 5.74) is 1.33. The van der Waals surface area contributed by atoms with Crippen molar-refractivity contribution in [1.82, 2.24) is 4.98 Å². The Morgan fingerprint density at radius 1 is 1.53 bits per heavy atom. The first-order chi connectivity index (χ1) is 7.22. The second-order valence-corrected chi connectivity index (χ2v) is 3.62. The number of carbonyl (C=O) groups excluding carboxylic acids is 1. The van der Waals surface area contributed by atoms with Gasteiger partial charge in [-0.3, -0.25) is 0 Å². The summed E-state index contributed by atoms with van der Waals surface area (Å²) in [7, 11) is 2.90. The van der Waals surface area contributed by atoms with Gasteiger partial charge in [-0.1, -0.05) is 15.9 Å². The summed E-state index contributed by atoms with van der Waals surface area (Å²) in [5.74, 6) is 0.156. The van der Waals surface area contributed by atoms with Crippen molar-refractivity contribution >= 4 is 21.9 Å². The van der Waals surface area contributed by atoms with Crippen LogP contribution in [0.3, 0.4) is 0 Å².